The fourth-order valence-corrected chi connectivity index (χ4v) is 8.64. The van der Waals surface area contributed by atoms with Gasteiger partial charge in [-0.3, -0.25) is 9.89 Å². The molecule has 1 aliphatic carbocycles. The van der Waals surface area contributed by atoms with Crippen LogP contribution in [0.2, 0.25) is 0 Å². The number of methoxy groups -OCH3 is 1. The van der Waals surface area contributed by atoms with Crippen LogP contribution in [0.5, 0.6) is 11.8 Å². The van der Waals surface area contributed by atoms with Crippen LogP contribution >= 0.6 is 0 Å². The summed E-state index contributed by atoms with van der Waals surface area (Å²) < 4.78 is 73.7. The van der Waals surface area contributed by atoms with Crippen molar-refractivity contribution < 1.29 is 36.6 Å². The second-order valence-corrected chi connectivity index (χ2v) is 15.8. The quantitative estimate of drug-likeness (QED) is 0.128. The molecular formula is C40H47F4N7O4. The number of benzene rings is 2. The Morgan fingerprint density at radius 1 is 1.02 bits per heavy atom. The average molecular weight is 766 g/mol. The Hall–Kier alpha value is -4.50. The number of hydrogen-bond acceptors (Lipinski definition) is 9. The van der Waals surface area contributed by atoms with Crippen molar-refractivity contribution in [2.75, 3.05) is 71.0 Å². The molecule has 4 aromatic rings. The Morgan fingerprint density at radius 3 is 2.40 bits per heavy atom. The lowest BCUT2D eigenvalue weighted by Crippen LogP contribution is -2.62. The SMILES string of the molecule is C=C(F)C(=O)N1CC2(CCN(c3nc(OC4CCN(CCOC)CC4)nc4c(OCC(F)(F)F)c(-c5c(C)c(C)cc6[nH]ncc56)c(C5CC5)cc34)CC2)C1. The molecule has 1 saturated carbocycles. The first-order valence-corrected chi connectivity index (χ1v) is 19.1. The zero-order chi connectivity index (χ0) is 38.6. The van der Waals surface area contributed by atoms with E-state index in [1.807, 2.05) is 19.9 Å². The number of rotatable bonds is 11. The van der Waals surface area contributed by atoms with Gasteiger partial charge in [-0.1, -0.05) is 6.58 Å². The lowest BCUT2D eigenvalue weighted by molar-refractivity contribution is -0.153. The molecule has 3 saturated heterocycles. The molecule has 4 aliphatic rings. The fourth-order valence-electron chi connectivity index (χ4n) is 8.64. The summed E-state index contributed by atoms with van der Waals surface area (Å²) in [6, 6.07) is 4.15. The van der Waals surface area contributed by atoms with Gasteiger partial charge in [0, 0.05) is 74.7 Å². The normalized spacial score (nSPS) is 19.3. The average Bonchev–Trinajstić information content (AvgIpc) is 3.89. The Morgan fingerprint density at radius 2 is 1.75 bits per heavy atom. The molecule has 1 spiro atoms. The van der Waals surface area contributed by atoms with Gasteiger partial charge in [-0.2, -0.15) is 28.2 Å². The van der Waals surface area contributed by atoms with Gasteiger partial charge >= 0.3 is 12.2 Å². The van der Waals surface area contributed by atoms with Gasteiger partial charge in [0.1, 0.15) is 17.4 Å². The number of alkyl halides is 3. The first-order chi connectivity index (χ1) is 26.3. The number of ether oxygens (including phenoxy) is 3. The van der Waals surface area contributed by atoms with Gasteiger partial charge in [0.15, 0.2) is 18.2 Å². The summed E-state index contributed by atoms with van der Waals surface area (Å²) in [5.74, 6) is -0.875. The molecule has 294 valence electrons. The Labute approximate surface area is 317 Å². The summed E-state index contributed by atoms with van der Waals surface area (Å²) in [4.78, 5) is 28.1. The third-order valence-electron chi connectivity index (χ3n) is 12.0. The van der Waals surface area contributed by atoms with Crippen LogP contribution in [-0.2, 0) is 9.53 Å². The molecule has 4 fully saturated rings. The molecule has 2 aromatic heterocycles. The second-order valence-electron chi connectivity index (χ2n) is 15.8. The first kappa shape index (κ1) is 37.4. The van der Waals surface area contributed by atoms with Crippen molar-refractivity contribution in [3.63, 3.8) is 0 Å². The number of anilines is 1. The number of aromatic nitrogens is 4. The van der Waals surface area contributed by atoms with Crippen LogP contribution in [0.1, 0.15) is 61.1 Å². The summed E-state index contributed by atoms with van der Waals surface area (Å²) in [5.41, 5.74) is 5.05. The van der Waals surface area contributed by atoms with E-state index in [0.29, 0.717) is 49.6 Å². The highest BCUT2D eigenvalue weighted by molar-refractivity contribution is 6.06. The van der Waals surface area contributed by atoms with Gasteiger partial charge in [0.05, 0.1) is 18.3 Å². The molecule has 1 amide bonds. The number of aryl methyl sites for hydroxylation is 1. The number of amides is 1. The van der Waals surface area contributed by atoms with Crippen molar-refractivity contribution in [1.82, 2.24) is 30.0 Å². The van der Waals surface area contributed by atoms with Crippen LogP contribution in [0.3, 0.4) is 0 Å². The molecule has 0 radical (unpaired) electrons. The molecule has 0 unspecified atom stereocenters. The largest absolute Gasteiger partial charge is 0.481 e. The van der Waals surface area contributed by atoms with E-state index in [1.54, 1.807) is 13.3 Å². The van der Waals surface area contributed by atoms with Crippen molar-refractivity contribution >= 4 is 33.5 Å². The standard InChI is InChI=1S/C40H47F4N7O4/c1-23-17-31-30(19-45-48-31)32(24(23)2)33-28(26-5-6-26)18-29-34(35(33)54-22-40(42,43)44)46-38(55-27-7-11-49(12-8-27)15-16-53-4)47-36(29)50-13-9-39(10-14-50)20-51(21-39)37(52)25(3)41/h17-19,26-27H,3,5-16,20-22H2,1-2,4H3,(H,45,48). The van der Waals surface area contributed by atoms with E-state index in [-0.39, 0.29) is 34.7 Å². The van der Waals surface area contributed by atoms with E-state index >= 15 is 0 Å². The fraction of sp³-hybridized carbons (Fsp3) is 0.550. The highest BCUT2D eigenvalue weighted by Gasteiger charge is 2.47. The second kappa shape index (κ2) is 14.5. The van der Waals surface area contributed by atoms with Crippen LogP contribution in [-0.4, -0.2) is 114 Å². The number of nitrogens with zero attached hydrogens (tertiary/aromatic N) is 6. The number of hydrogen-bond donors (Lipinski definition) is 1. The molecule has 55 heavy (non-hydrogen) atoms. The van der Waals surface area contributed by atoms with E-state index in [9.17, 15) is 22.4 Å². The van der Waals surface area contributed by atoms with E-state index < -0.39 is 24.5 Å². The zero-order valence-corrected chi connectivity index (χ0v) is 31.5. The zero-order valence-electron chi connectivity index (χ0n) is 31.5. The predicted molar refractivity (Wildman–Crippen MR) is 200 cm³/mol. The molecule has 0 bridgehead atoms. The number of nitrogens with one attached hydrogen (secondary N) is 1. The molecule has 8 rings (SSSR count). The number of carbonyl (C=O) groups is 1. The number of aromatic amines is 1. The van der Waals surface area contributed by atoms with Crippen molar-refractivity contribution in [2.24, 2.45) is 5.41 Å². The number of piperidine rings is 2. The number of H-pyrrole nitrogens is 1. The summed E-state index contributed by atoms with van der Waals surface area (Å²) >= 11 is 0. The molecule has 11 nitrogen and oxygen atoms in total. The molecule has 5 heterocycles. The van der Waals surface area contributed by atoms with Crippen LogP contribution in [0.25, 0.3) is 32.9 Å². The highest BCUT2D eigenvalue weighted by Crippen LogP contribution is 2.54. The van der Waals surface area contributed by atoms with Gasteiger partial charge in [0.25, 0.3) is 5.91 Å². The topological polar surface area (TPSA) is 109 Å². The smallest absolute Gasteiger partial charge is 0.422 e. The van der Waals surface area contributed by atoms with Crippen molar-refractivity contribution in [3.05, 3.63) is 47.4 Å². The predicted octanol–water partition coefficient (Wildman–Crippen LogP) is 7.01. The monoisotopic (exact) mass is 765 g/mol. The maximum atomic E-state index is 14.1. The summed E-state index contributed by atoms with van der Waals surface area (Å²) in [6.45, 7) is 10.8. The minimum atomic E-state index is -4.61. The summed E-state index contributed by atoms with van der Waals surface area (Å²) in [7, 11) is 1.68. The molecule has 15 heteroatoms. The van der Waals surface area contributed by atoms with Gasteiger partial charge in [0.2, 0.25) is 0 Å². The maximum Gasteiger partial charge on any atom is 0.422 e. The van der Waals surface area contributed by atoms with Gasteiger partial charge < -0.3 is 28.9 Å². The summed E-state index contributed by atoms with van der Waals surface area (Å²) in [5, 5.41) is 8.75. The molecular weight excluding hydrogens is 718 g/mol. The third-order valence-corrected chi connectivity index (χ3v) is 12.0. The lowest BCUT2D eigenvalue weighted by Gasteiger charge is -2.54. The third kappa shape index (κ3) is 7.44. The van der Waals surface area contributed by atoms with E-state index in [2.05, 4.69) is 32.6 Å². The van der Waals surface area contributed by atoms with Crippen molar-refractivity contribution in [1.29, 1.82) is 0 Å². The number of halogens is 4. The Balaban J connectivity index is 1.25. The minimum absolute atomic E-state index is 0.0592. The Kier molecular flexibility index (Phi) is 9.89. The van der Waals surface area contributed by atoms with Gasteiger partial charge in [-0.25, -0.2) is 4.39 Å². The Bertz CT molecular complexity index is 2110. The minimum Gasteiger partial charge on any atom is -0.481 e. The van der Waals surface area contributed by atoms with Crippen LogP contribution < -0.4 is 14.4 Å². The van der Waals surface area contributed by atoms with Crippen LogP contribution in [0.4, 0.5) is 23.4 Å². The molecule has 2 aromatic carbocycles. The number of carbonyl (C=O) groups excluding carboxylic acids is 1. The van der Waals surface area contributed by atoms with Gasteiger partial charge in [-0.15, -0.1) is 0 Å². The first-order valence-electron chi connectivity index (χ1n) is 19.1. The lowest BCUT2D eigenvalue weighted by atomic mass is 9.72. The number of likely N-dealkylation sites (tertiary alicyclic amines) is 2. The van der Waals surface area contributed by atoms with Gasteiger partial charge in [-0.05, 0) is 92.7 Å². The van der Waals surface area contributed by atoms with Crippen LogP contribution in [0.15, 0.2) is 30.7 Å². The summed E-state index contributed by atoms with van der Waals surface area (Å²) in [6.07, 6.45) is 1.62. The number of fused-ring (bicyclic) bond motifs is 2. The maximum absolute atomic E-state index is 14.1. The van der Waals surface area contributed by atoms with E-state index in [1.165, 1.54) is 4.90 Å². The molecule has 0 atom stereocenters. The molecule has 3 aliphatic heterocycles. The van der Waals surface area contributed by atoms with Crippen molar-refractivity contribution in [3.8, 4) is 22.9 Å². The van der Waals surface area contributed by atoms with E-state index in [4.69, 9.17) is 24.2 Å². The van der Waals surface area contributed by atoms with Crippen molar-refractivity contribution in [2.45, 2.75) is 70.6 Å². The van der Waals surface area contributed by atoms with Crippen LogP contribution in [0, 0.1) is 19.3 Å². The van der Waals surface area contributed by atoms with E-state index in [0.717, 1.165) is 91.3 Å². The highest BCUT2D eigenvalue weighted by atomic mass is 19.4. The molecule has 1 N–H and O–H groups in total.